The number of halogens is 2. The number of amides is 1. The molecular weight excluding hydrogens is 437 g/mol. The van der Waals surface area contributed by atoms with Gasteiger partial charge in [-0.3, -0.25) is 4.79 Å². The van der Waals surface area contributed by atoms with E-state index in [1.165, 1.54) is 24.3 Å². The highest BCUT2D eigenvalue weighted by Crippen LogP contribution is 2.37. The van der Waals surface area contributed by atoms with E-state index in [1.807, 2.05) is 0 Å². The second kappa shape index (κ2) is 8.67. The van der Waals surface area contributed by atoms with Gasteiger partial charge in [0.2, 0.25) is 0 Å². The van der Waals surface area contributed by atoms with E-state index in [9.17, 15) is 24.3 Å². The second-order valence-corrected chi connectivity index (χ2v) is 8.55. The average Bonchev–Trinajstić information content (AvgIpc) is 2.79. The van der Waals surface area contributed by atoms with Crippen LogP contribution in [0.25, 0.3) is 0 Å². The lowest BCUT2D eigenvalue weighted by Crippen LogP contribution is -2.51. The van der Waals surface area contributed by atoms with Crippen molar-refractivity contribution in [2.24, 2.45) is 5.41 Å². The van der Waals surface area contributed by atoms with Gasteiger partial charge in [0.05, 0.1) is 34.3 Å². The summed E-state index contributed by atoms with van der Waals surface area (Å²) in [6.07, 6.45) is 0.695. The maximum absolute atomic E-state index is 13.2. The molecule has 2 N–H and O–H groups in total. The lowest BCUT2D eigenvalue weighted by atomic mass is 9.75. The summed E-state index contributed by atoms with van der Waals surface area (Å²) in [4.78, 5) is 26.0. The Morgan fingerprint density at radius 1 is 1.28 bits per heavy atom. The Hall–Kier alpha value is -3.31. The van der Waals surface area contributed by atoms with Crippen LogP contribution >= 0.6 is 11.6 Å². The summed E-state index contributed by atoms with van der Waals surface area (Å²) in [7, 11) is 0. The van der Waals surface area contributed by atoms with E-state index in [2.05, 4.69) is 11.4 Å². The van der Waals surface area contributed by atoms with Crippen LogP contribution in [0.3, 0.4) is 0 Å². The normalized spacial score (nSPS) is 19.2. The fourth-order valence-corrected chi connectivity index (χ4v) is 4.41. The summed E-state index contributed by atoms with van der Waals surface area (Å²) in [5, 5.41) is 22.2. The highest BCUT2D eigenvalue weighted by Gasteiger charge is 2.39. The Morgan fingerprint density at radius 3 is 2.59 bits per heavy atom. The van der Waals surface area contributed by atoms with Gasteiger partial charge in [0.25, 0.3) is 5.91 Å². The number of benzene rings is 2. The highest BCUT2D eigenvalue weighted by molar-refractivity contribution is 6.34. The number of nitrogens with one attached hydrogen (secondary N) is 1. The average molecular weight is 458 g/mol. The minimum atomic E-state index is -1.18. The molecule has 2 aliphatic heterocycles. The predicted molar refractivity (Wildman–Crippen MR) is 115 cm³/mol. The van der Waals surface area contributed by atoms with E-state index in [0.717, 1.165) is 5.56 Å². The minimum Gasteiger partial charge on any atom is -0.478 e. The van der Waals surface area contributed by atoms with E-state index in [-0.39, 0.29) is 34.6 Å². The number of ether oxygens (including phenoxy) is 1. The summed E-state index contributed by atoms with van der Waals surface area (Å²) >= 11 is 5.99. The molecule has 2 aromatic rings. The molecule has 0 saturated carbocycles. The number of carboxylic acid groups (broad SMARTS) is 1. The van der Waals surface area contributed by atoms with E-state index in [4.69, 9.17) is 16.3 Å². The van der Waals surface area contributed by atoms with Crippen molar-refractivity contribution in [2.45, 2.75) is 25.4 Å². The Kier molecular flexibility index (Phi) is 5.94. The number of rotatable bonds is 4. The molecule has 7 nitrogen and oxygen atoms in total. The first-order valence-corrected chi connectivity index (χ1v) is 10.6. The topological polar surface area (TPSA) is 103 Å². The molecule has 0 aliphatic carbocycles. The first-order valence-electron chi connectivity index (χ1n) is 10.2. The Bertz CT molecular complexity index is 1090. The molecule has 1 fully saturated rings. The van der Waals surface area contributed by atoms with Crippen molar-refractivity contribution in [2.75, 3.05) is 25.0 Å². The molecule has 0 spiro atoms. The van der Waals surface area contributed by atoms with Gasteiger partial charge in [-0.15, -0.1) is 0 Å². The van der Waals surface area contributed by atoms with Crippen LogP contribution in [0.4, 0.5) is 10.1 Å². The summed E-state index contributed by atoms with van der Waals surface area (Å²) < 4.78 is 19.0. The molecule has 0 bridgehead atoms. The van der Waals surface area contributed by atoms with E-state index >= 15 is 0 Å². The summed E-state index contributed by atoms with van der Waals surface area (Å²) in [5.74, 6) is -1.46. The smallest absolute Gasteiger partial charge is 0.337 e. The number of hydrogen-bond acceptors (Lipinski definition) is 5. The fourth-order valence-electron chi connectivity index (χ4n) is 4.17. The van der Waals surface area contributed by atoms with Crippen molar-refractivity contribution >= 4 is 29.2 Å². The Labute approximate surface area is 189 Å². The second-order valence-electron chi connectivity index (χ2n) is 8.14. The zero-order chi connectivity index (χ0) is 22.9. The molecule has 1 amide bonds. The highest BCUT2D eigenvalue weighted by atomic mass is 35.5. The zero-order valence-corrected chi connectivity index (χ0v) is 17.9. The monoisotopic (exact) mass is 457 g/mol. The number of carbonyl (C=O) groups excluding carboxylic acids is 1. The van der Waals surface area contributed by atoms with Crippen LogP contribution in [0.2, 0.25) is 5.02 Å². The quantitative estimate of drug-likeness (QED) is 0.725. The summed E-state index contributed by atoms with van der Waals surface area (Å²) in [6.45, 7) is 1.03. The fraction of sp³-hybridized carbons (Fsp3) is 0.348. The molecule has 2 aromatic carbocycles. The van der Waals surface area contributed by atoms with Crippen LogP contribution < -0.4 is 10.1 Å². The van der Waals surface area contributed by atoms with Crippen LogP contribution in [0, 0.1) is 22.6 Å². The van der Waals surface area contributed by atoms with Crippen LogP contribution in [0.1, 0.15) is 28.8 Å². The molecule has 0 aromatic heterocycles. The summed E-state index contributed by atoms with van der Waals surface area (Å²) in [5.41, 5.74) is 0.709. The number of piperidine rings is 1. The molecule has 4 rings (SSSR count). The van der Waals surface area contributed by atoms with Gasteiger partial charge in [-0.05, 0) is 49.1 Å². The third-order valence-corrected chi connectivity index (χ3v) is 6.36. The van der Waals surface area contributed by atoms with Crippen LogP contribution in [0.15, 0.2) is 36.4 Å². The van der Waals surface area contributed by atoms with Gasteiger partial charge in [0.15, 0.2) is 6.10 Å². The molecule has 9 heteroatoms. The largest absolute Gasteiger partial charge is 0.478 e. The number of fused-ring (bicyclic) bond motifs is 1. The number of nitrogens with zero attached hydrogens (tertiary/aromatic N) is 2. The van der Waals surface area contributed by atoms with Gasteiger partial charge in [0, 0.05) is 13.1 Å². The van der Waals surface area contributed by atoms with E-state index in [1.54, 1.807) is 17.0 Å². The van der Waals surface area contributed by atoms with Gasteiger partial charge in [-0.25, -0.2) is 9.18 Å². The molecule has 1 unspecified atom stereocenters. The number of likely N-dealkylation sites (tertiary alicyclic amines) is 1. The molecule has 166 valence electrons. The molecule has 32 heavy (non-hydrogen) atoms. The number of anilines is 1. The third-order valence-electron chi connectivity index (χ3n) is 6.05. The molecule has 2 heterocycles. The van der Waals surface area contributed by atoms with Gasteiger partial charge in [0.1, 0.15) is 11.6 Å². The molecule has 0 radical (unpaired) electrons. The lowest BCUT2D eigenvalue weighted by Gasteiger charge is -2.39. The van der Waals surface area contributed by atoms with Crippen molar-refractivity contribution in [1.29, 1.82) is 5.26 Å². The van der Waals surface area contributed by atoms with Crippen LogP contribution in [-0.2, 0) is 11.2 Å². The van der Waals surface area contributed by atoms with Crippen molar-refractivity contribution in [1.82, 2.24) is 4.90 Å². The van der Waals surface area contributed by atoms with Gasteiger partial charge in [-0.1, -0.05) is 23.7 Å². The first-order chi connectivity index (χ1) is 15.3. The number of carboxylic acids is 1. The maximum atomic E-state index is 13.2. The van der Waals surface area contributed by atoms with Crippen molar-refractivity contribution in [3.8, 4) is 11.8 Å². The van der Waals surface area contributed by atoms with Gasteiger partial charge < -0.3 is 20.1 Å². The zero-order valence-electron chi connectivity index (χ0n) is 17.1. The lowest BCUT2D eigenvalue weighted by molar-refractivity contribution is -0.140. The molecular formula is C23H21ClFN3O4. The number of aromatic carboxylic acids is 1. The van der Waals surface area contributed by atoms with Crippen LogP contribution in [-0.4, -0.2) is 47.6 Å². The van der Waals surface area contributed by atoms with Gasteiger partial charge >= 0.3 is 5.97 Å². The predicted octanol–water partition coefficient (Wildman–Crippen LogP) is 3.73. The SMILES string of the molecule is N#CC1(Cc2ccc(F)cc2)CCN(C(=O)C2CNc3cc(Cl)c(C(=O)O)cc3O2)CC1. The number of hydrogen-bond donors (Lipinski definition) is 2. The number of carbonyl (C=O) groups is 2. The minimum absolute atomic E-state index is 0.0853. The van der Waals surface area contributed by atoms with E-state index < -0.39 is 17.5 Å². The van der Waals surface area contributed by atoms with Crippen LogP contribution in [0.5, 0.6) is 5.75 Å². The third kappa shape index (κ3) is 4.34. The maximum Gasteiger partial charge on any atom is 0.337 e. The van der Waals surface area contributed by atoms with Gasteiger partial charge in [-0.2, -0.15) is 5.26 Å². The van der Waals surface area contributed by atoms with Crippen molar-refractivity contribution in [3.05, 3.63) is 58.4 Å². The molecule has 2 aliphatic rings. The Balaban J connectivity index is 1.41. The standard InChI is InChI=1S/C23H21ClFN3O4/c24-17-10-18-19(9-16(17)22(30)31)32-20(12-27-18)21(29)28-7-5-23(13-26,6-8-28)11-14-1-3-15(25)4-2-14/h1-4,9-10,20,27H,5-8,11-12H2,(H,30,31). The first kappa shape index (κ1) is 21.9. The van der Waals surface area contributed by atoms with Crippen molar-refractivity contribution in [3.63, 3.8) is 0 Å². The number of nitriles is 1. The molecule has 1 atom stereocenters. The Morgan fingerprint density at radius 2 is 1.97 bits per heavy atom. The molecule has 1 saturated heterocycles. The summed E-state index contributed by atoms with van der Waals surface area (Å²) in [6, 6.07) is 11.3. The van der Waals surface area contributed by atoms with E-state index in [0.29, 0.717) is 38.0 Å². The van der Waals surface area contributed by atoms with Crippen molar-refractivity contribution < 1.29 is 23.8 Å².